The Morgan fingerprint density at radius 3 is 2.38 bits per heavy atom. The Bertz CT molecular complexity index is 141. The molecule has 0 aliphatic rings. The van der Waals surface area contributed by atoms with Crippen molar-refractivity contribution in [3.8, 4) is 0 Å². The molecule has 1 aromatic heterocycles. The molecule has 0 aliphatic carbocycles. The van der Waals surface area contributed by atoms with Crippen molar-refractivity contribution in [1.82, 2.24) is 0 Å². The minimum absolute atomic E-state index is 0. The van der Waals surface area contributed by atoms with E-state index in [0.717, 1.165) is 0 Å². The summed E-state index contributed by atoms with van der Waals surface area (Å²) in [7, 11) is 1.41. The molecular weight excluding hydrogens is 194 g/mol. The maximum absolute atomic E-state index is 2.16. The van der Waals surface area contributed by atoms with Gasteiger partial charge in [0.05, 0.1) is 0 Å². The van der Waals surface area contributed by atoms with E-state index in [1.807, 2.05) is 0 Å². The van der Waals surface area contributed by atoms with Crippen LogP contribution in [-0.4, -0.2) is 0 Å². The molecule has 0 N–H and O–H groups in total. The zero-order chi connectivity index (χ0) is 5.28. The van der Waals surface area contributed by atoms with Crippen LogP contribution < -0.4 is 0 Å². The first-order valence-corrected chi connectivity index (χ1v) is 3.25. The molecule has 0 aromatic carbocycles. The fourth-order valence-corrected chi connectivity index (χ4v) is 1.45. The molecule has 0 aliphatic heterocycles. The Balaban J connectivity index is 0.000000490. The van der Waals surface area contributed by atoms with Crippen LogP contribution in [0.2, 0.25) is 0 Å². The van der Waals surface area contributed by atoms with Crippen molar-refractivity contribution < 1.29 is 26.2 Å². The van der Waals surface area contributed by atoms with E-state index in [2.05, 4.69) is 26.0 Å². The first-order valence-electron chi connectivity index (χ1n) is 2.36. The van der Waals surface area contributed by atoms with Gasteiger partial charge in [0.2, 0.25) is 0 Å². The zero-order valence-electron chi connectivity index (χ0n) is 5.10. The van der Waals surface area contributed by atoms with Crippen molar-refractivity contribution >= 4 is 8.19 Å². The Morgan fingerprint density at radius 1 is 1.62 bits per heavy atom. The van der Waals surface area contributed by atoms with Gasteiger partial charge in [-0.25, -0.2) is 14.3 Å². The summed E-state index contributed by atoms with van der Waals surface area (Å²) in [5.74, 6) is 0. The summed E-state index contributed by atoms with van der Waals surface area (Å²) in [6.07, 6.45) is 0. The van der Waals surface area contributed by atoms with Gasteiger partial charge in [0.25, 0.3) is 0 Å². The van der Waals surface area contributed by atoms with E-state index < -0.39 is 0 Å². The van der Waals surface area contributed by atoms with Crippen molar-refractivity contribution in [1.29, 1.82) is 0 Å². The number of hydrogen-bond acceptors (Lipinski definition) is 0. The van der Waals surface area contributed by atoms with Crippen molar-refractivity contribution in [2.75, 3.05) is 0 Å². The smallest absolute Gasteiger partial charge is 0 e. The van der Waals surface area contributed by atoms with Crippen molar-refractivity contribution in [2.45, 2.75) is 13.8 Å². The third-order valence-corrected chi connectivity index (χ3v) is 1.92. The Hall–Kier alpha value is 0.663. The number of aryl methyl sites for hydroxylation is 2. The molecule has 0 atom stereocenters. The molecule has 0 saturated heterocycles. The topological polar surface area (TPSA) is 0 Å². The normalized spacial score (nSPS) is 9.25. The maximum atomic E-state index is 2.16. The van der Waals surface area contributed by atoms with Gasteiger partial charge in [-0.3, -0.25) is 0 Å². The monoisotopic (exact) mass is 201 g/mol. The second kappa shape index (κ2) is 3.64. The molecule has 0 radical (unpaired) electrons. The summed E-state index contributed by atoms with van der Waals surface area (Å²) in [5.41, 5.74) is 0. The number of rotatable bonds is 0. The van der Waals surface area contributed by atoms with Crippen LogP contribution in [0.15, 0.2) is 12.1 Å². The van der Waals surface area contributed by atoms with Crippen LogP contribution in [0.3, 0.4) is 0 Å². The van der Waals surface area contributed by atoms with Gasteiger partial charge in [-0.05, 0) is 0 Å². The molecule has 0 unspecified atom stereocenters. The van der Waals surface area contributed by atoms with Crippen LogP contribution in [-0.2, 0) is 26.2 Å². The molecule has 1 rings (SSSR count). The third kappa shape index (κ3) is 2.29. The molecular formula is C6H8PZr-. The molecule has 0 bridgehead atoms. The molecule has 0 amide bonds. The van der Waals surface area contributed by atoms with E-state index in [0.29, 0.717) is 0 Å². The van der Waals surface area contributed by atoms with Crippen LogP contribution in [0.4, 0.5) is 0 Å². The molecule has 8 heavy (non-hydrogen) atoms. The number of hydrogen-bond donors (Lipinski definition) is 0. The molecule has 42 valence electrons. The molecule has 0 spiro atoms. The molecule has 1 heterocycles. The van der Waals surface area contributed by atoms with Gasteiger partial charge in [-0.2, -0.15) is 11.4 Å². The van der Waals surface area contributed by atoms with Gasteiger partial charge >= 0.3 is 0 Å². The molecule has 1 aromatic rings. The summed E-state index contributed by atoms with van der Waals surface area (Å²) in [6, 6.07) is 4.33. The Labute approximate surface area is 70.9 Å². The van der Waals surface area contributed by atoms with Gasteiger partial charge in [0, 0.05) is 26.2 Å². The second-order valence-electron chi connectivity index (χ2n) is 1.73. The average Bonchev–Trinajstić information content (AvgIpc) is 1.87. The van der Waals surface area contributed by atoms with Gasteiger partial charge in [-0.15, -0.1) is 5.30 Å². The molecule has 2 heteroatoms. The van der Waals surface area contributed by atoms with Crippen molar-refractivity contribution in [2.24, 2.45) is 0 Å². The second-order valence-corrected chi connectivity index (χ2v) is 3.36. The van der Waals surface area contributed by atoms with E-state index in [4.69, 9.17) is 0 Å². The first-order chi connectivity index (χ1) is 3.29. The molecule has 0 saturated carbocycles. The van der Waals surface area contributed by atoms with Gasteiger partial charge in [0.1, 0.15) is 0 Å². The zero-order valence-corrected chi connectivity index (χ0v) is 8.45. The summed E-state index contributed by atoms with van der Waals surface area (Å²) in [6.45, 7) is 4.29. The van der Waals surface area contributed by atoms with Crippen LogP contribution >= 0.6 is 8.19 Å². The minimum Gasteiger partial charge on any atom is -0.221 e. The minimum atomic E-state index is 0. The fourth-order valence-electron chi connectivity index (χ4n) is 0.594. The summed E-state index contributed by atoms with van der Waals surface area (Å²) in [4.78, 5) is 0. The van der Waals surface area contributed by atoms with Gasteiger partial charge in [-0.1, -0.05) is 13.8 Å². The van der Waals surface area contributed by atoms with Crippen molar-refractivity contribution in [3.05, 3.63) is 22.7 Å². The predicted octanol–water partition coefficient (Wildman–Crippen LogP) is 2.60. The first kappa shape index (κ1) is 8.66. The summed E-state index contributed by atoms with van der Waals surface area (Å²) < 4.78 is 0. The van der Waals surface area contributed by atoms with E-state index in [9.17, 15) is 0 Å². The summed E-state index contributed by atoms with van der Waals surface area (Å²) in [5, 5.41) is 2.91. The average molecular weight is 202 g/mol. The van der Waals surface area contributed by atoms with Gasteiger partial charge in [0.15, 0.2) is 0 Å². The van der Waals surface area contributed by atoms with Crippen LogP contribution in [0, 0.1) is 13.8 Å². The van der Waals surface area contributed by atoms with Crippen LogP contribution in [0.1, 0.15) is 10.6 Å². The third-order valence-electron chi connectivity index (χ3n) is 0.918. The Kier molecular flexibility index (Phi) is 3.95. The van der Waals surface area contributed by atoms with Gasteiger partial charge < -0.3 is 0 Å². The van der Waals surface area contributed by atoms with E-state index >= 15 is 0 Å². The molecule has 0 fully saturated rings. The van der Waals surface area contributed by atoms with Crippen LogP contribution in [0.5, 0.6) is 0 Å². The summed E-state index contributed by atoms with van der Waals surface area (Å²) >= 11 is 0. The Morgan fingerprint density at radius 2 is 2.25 bits per heavy atom. The predicted molar refractivity (Wildman–Crippen MR) is 34.0 cm³/mol. The van der Waals surface area contributed by atoms with E-state index in [-0.39, 0.29) is 26.2 Å². The largest absolute Gasteiger partial charge is 0.221 e. The fraction of sp³-hybridized carbons (Fsp3) is 0.333. The van der Waals surface area contributed by atoms with Crippen LogP contribution in [0.25, 0.3) is 0 Å². The maximum Gasteiger partial charge on any atom is 0 e. The molecule has 0 nitrogen and oxygen atoms in total. The standard InChI is InChI=1S/C6H8P.Zr/c1-5-3-4-6(2)7-5;/h3-4H,1-2H3;/q-1;. The quantitative estimate of drug-likeness (QED) is 0.567. The SMILES string of the molecule is Cc1cc[c-](C)p1.[Zr]. The van der Waals surface area contributed by atoms with E-state index in [1.165, 1.54) is 18.8 Å². The van der Waals surface area contributed by atoms with E-state index in [1.54, 1.807) is 0 Å². The van der Waals surface area contributed by atoms with Crippen molar-refractivity contribution in [3.63, 3.8) is 0 Å².